The zero-order valence-corrected chi connectivity index (χ0v) is 22.2. The highest BCUT2D eigenvalue weighted by Gasteiger charge is 2.51. The maximum Gasteiger partial charge on any atom is 0.293 e. The first kappa shape index (κ1) is 32.4. The van der Waals surface area contributed by atoms with Gasteiger partial charge in [0.05, 0.1) is 19.3 Å². The lowest BCUT2D eigenvalue weighted by Gasteiger charge is -2.44. The van der Waals surface area contributed by atoms with Crippen molar-refractivity contribution in [2.45, 2.75) is 96.7 Å². The predicted molar refractivity (Wildman–Crippen MR) is 132 cm³/mol. The normalized spacial score (nSPS) is 22.9. The van der Waals surface area contributed by atoms with Gasteiger partial charge in [0.15, 0.2) is 6.10 Å². The molecule has 37 heavy (non-hydrogen) atoms. The number of unbranched alkanes of at least 4 members (excludes halogenated alkanes) is 1. The van der Waals surface area contributed by atoms with Crippen LogP contribution < -0.4 is 0 Å². The van der Waals surface area contributed by atoms with Crippen LogP contribution in [0, 0.1) is 5.92 Å². The molecule has 0 spiro atoms. The Balaban J connectivity index is 3.23. The number of carbonyl (C=O) groups is 2. The molecule has 212 valence electrons. The van der Waals surface area contributed by atoms with E-state index in [-0.39, 0.29) is 12.5 Å². The third-order valence-corrected chi connectivity index (χ3v) is 5.74. The summed E-state index contributed by atoms with van der Waals surface area (Å²) in [7, 11) is 0. The van der Waals surface area contributed by atoms with Gasteiger partial charge in [-0.25, -0.2) is 0 Å². The van der Waals surface area contributed by atoms with Crippen molar-refractivity contribution in [1.29, 1.82) is 0 Å². The van der Waals surface area contributed by atoms with Crippen LogP contribution in [0.1, 0.15) is 72.1 Å². The molecule has 0 amide bonds. The maximum atomic E-state index is 10.6. The van der Waals surface area contributed by atoms with E-state index in [0.717, 1.165) is 0 Å². The molecule has 5 atom stereocenters. The molecule has 0 aliphatic carbocycles. The summed E-state index contributed by atoms with van der Waals surface area (Å²) in [6, 6.07) is 0. The van der Waals surface area contributed by atoms with Gasteiger partial charge in [-0.3, -0.25) is 9.59 Å². The largest absolute Gasteiger partial charge is 0.468 e. The van der Waals surface area contributed by atoms with Gasteiger partial charge >= 0.3 is 0 Å². The Morgan fingerprint density at radius 2 is 1.22 bits per heavy atom. The van der Waals surface area contributed by atoms with Crippen LogP contribution in [0.5, 0.6) is 0 Å². The van der Waals surface area contributed by atoms with E-state index in [1.807, 2.05) is 20.8 Å². The summed E-state index contributed by atoms with van der Waals surface area (Å²) in [5.74, 6) is 0.918. The highest BCUT2D eigenvalue weighted by molar-refractivity contribution is 5.37. The number of allylic oxidation sites excluding steroid dienone is 3. The van der Waals surface area contributed by atoms with Crippen LogP contribution in [-0.2, 0) is 53.1 Å². The van der Waals surface area contributed by atoms with Crippen molar-refractivity contribution >= 4 is 12.9 Å². The molecule has 0 aromatic heterocycles. The Labute approximate surface area is 219 Å². The van der Waals surface area contributed by atoms with Crippen LogP contribution in [0.4, 0.5) is 0 Å². The van der Waals surface area contributed by atoms with Crippen molar-refractivity contribution in [3.8, 4) is 0 Å². The molecular weight excluding hydrogens is 488 g/mol. The number of hydrogen-bond acceptors (Lipinski definition) is 11. The molecule has 1 saturated heterocycles. The molecule has 0 saturated carbocycles. The van der Waals surface area contributed by atoms with Crippen LogP contribution in [0.3, 0.4) is 0 Å². The van der Waals surface area contributed by atoms with Crippen LogP contribution in [-0.4, -0.2) is 50.8 Å². The van der Waals surface area contributed by atoms with Gasteiger partial charge in [-0.2, -0.15) is 14.7 Å². The summed E-state index contributed by atoms with van der Waals surface area (Å²) in [5, 5.41) is 0. The number of rotatable bonds is 23. The molecule has 0 aromatic carbocycles. The molecule has 0 bridgehead atoms. The average Bonchev–Trinajstić information content (AvgIpc) is 2.91. The predicted octanol–water partition coefficient (Wildman–Crippen LogP) is 4.98. The molecule has 0 aromatic rings. The van der Waals surface area contributed by atoms with Gasteiger partial charge in [0.25, 0.3) is 12.9 Å². The fourth-order valence-corrected chi connectivity index (χ4v) is 3.47. The van der Waals surface area contributed by atoms with Gasteiger partial charge in [0, 0.05) is 25.2 Å². The fraction of sp³-hybridized carbons (Fsp3) is 0.692. The Kier molecular flexibility index (Phi) is 17.1. The summed E-state index contributed by atoms with van der Waals surface area (Å²) in [5.41, 5.74) is 0. The van der Waals surface area contributed by atoms with Crippen LogP contribution in [0.25, 0.3) is 0 Å². The third kappa shape index (κ3) is 12.5. The van der Waals surface area contributed by atoms with Gasteiger partial charge in [0.1, 0.15) is 23.4 Å². The zero-order chi connectivity index (χ0) is 27.5. The van der Waals surface area contributed by atoms with Crippen LogP contribution in [0.2, 0.25) is 0 Å². The molecule has 1 fully saturated rings. The van der Waals surface area contributed by atoms with Crippen molar-refractivity contribution < 1.29 is 53.1 Å². The minimum Gasteiger partial charge on any atom is -0.468 e. The van der Waals surface area contributed by atoms with E-state index >= 15 is 0 Å². The lowest BCUT2D eigenvalue weighted by molar-refractivity contribution is -0.471. The number of hydrogen-bond donors (Lipinski definition) is 0. The molecule has 0 radical (unpaired) electrons. The lowest BCUT2D eigenvalue weighted by Crippen LogP contribution is -2.57. The highest BCUT2D eigenvalue weighted by atomic mass is 17.3. The van der Waals surface area contributed by atoms with Crippen molar-refractivity contribution in [3.05, 3.63) is 37.0 Å². The Bertz CT molecular complexity index is 696. The van der Waals surface area contributed by atoms with E-state index in [2.05, 4.69) is 19.7 Å². The van der Waals surface area contributed by atoms with Crippen molar-refractivity contribution in [1.82, 2.24) is 0 Å². The number of ether oxygens (including phenoxy) is 3. The molecular formula is C26H42O11. The van der Waals surface area contributed by atoms with Gasteiger partial charge in [-0.1, -0.05) is 40.5 Å². The number of carbonyl (C=O) groups excluding carboxylic acids is 2. The quantitative estimate of drug-likeness (QED) is 0.0585. The summed E-state index contributed by atoms with van der Waals surface area (Å²) in [6.45, 7) is 18.4. The summed E-state index contributed by atoms with van der Waals surface area (Å²) < 4.78 is 16.0. The van der Waals surface area contributed by atoms with Crippen molar-refractivity contribution in [2.24, 2.45) is 5.92 Å². The second-order valence-corrected chi connectivity index (χ2v) is 8.42. The maximum absolute atomic E-state index is 10.6. The van der Waals surface area contributed by atoms with Gasteiger partial charge in [-0.15, -0.1) is 0 Å². The Hall–Kier alpha value is -2.60. The van der Waals surface area contributed by atoms with Crippen LogP contribution in [0.15, 0.2) is 37.0 Å². The summed E-state index contributed by atoms with van der Waals surface area (Å²) in [4.78, 5) is 54.5. The fourth-order valence-electron chi connectivity index (χ4n) is 3.47. The van der Waals surface area contributed by atoms with E-state index in [1.54, 1.807) is 0 Å². The first-order valence-electron chi connectivity index (χ1n) is 12.7. The van der Waals surface area contributed by atoms with Gasteiger partial charge in [0.2, 0.25) is 6.29 Å². The van der Waals surface area contributed by atoms with E-state index < -0.39 is 24.6 Å². The third-order valence-electron chi connectivity index (χ3n) is 5.74. The monoisotopic (exact) mass is 530 g/mol. The minimum absolute atomic E-state index is 0.225. The second kappa shape index (κ2) is 19.5. The van der Waals surface area contributed by atoms with E-state index in [0.29, 0.717) is 88.2 Å². The topological polar surface area (TPSA) is 117 Å². The van der Waals surface area contributed by atoms with E-state index in [4.69, 9.17) is 43.5 Å². The highest BCUT2D eigenvalue weighted by Crippen LogP contribution is 2.37. The standard InChI is InChI=1S/C26H42O11/c1-7-19(4)32-35-24-22(13-12-16-30-18-28)23(14-10-11-15-29-17-27)31-26(37-34-21(6)9-3)25(24)36-33-20(5)8-2/h17-18,22-26H,4-16H2,1-3H3. The van der Waals surface area contributed by atoms with Gasteiger partial charge < -0.3 is 28.9 Å². The first-order valence-corrected chi connectivity index (χ1v) is 12.7. The molecule has 11 nitrogen and oxygen atoms in total. The van der Waals surface area contributed by atoms with E-state index in [9.17, 15) is 9.59 Å². The molecule has 5 unspecified atom stereocenters. The van der Waals surface area contributed by atoms with Crippen LogP contribution >= 0.6 is 0 Å². The summed E-state index contributed by atoms with van der Waals surface area (Å²) >= 11 is 0. The first-order chi connectivity index (χ1) is 17.9. The van der Waals surface area contributed by atoms with Crippen molar-refractivity contribution in [3.63, 3.8) is 0 Å². The van der Waals surface area contributed by atoms with Gasteiger partial charge in [-0.05, 0) is 32.1 Å². The molecule has 11 heteroatoms. The second-order valence-electron chi connectivity index (χ2n) is 8.42. The molecule has 1 aliphatic heterocycles. The molecule has 1 heterocycles. The molecule has 1 rings (SSSR count). The Morgan fingerprint density at radius 1 is 0.703 bits per heavy atom. The van der Waals surface area contributed by atoms with E-state index in [1.165, 1.54) is 0 Å². The molecule has 0 N–H and O–H groups in total. The lowest BCUT2D eigenvalue weighted by atomic mass is 9.83. The molecule has 1 aliphatic rings. The Morgan fingerprint density at radius 3 is 1.76 bits per heavy atom. The zero-order valence-electron chi connectivity index (χ0n) is 22.2. The van der Waals surface area contributed by atoms with Crippen molar-refractivity contribution in [2.75, 3.05) is 13.2 Å². The summed E-state index contributed by atoms with van der Waals surface area (Å²) in [6.07, 6.45) is 1.41. The smallest absolute Gasteiger partial charge is 0.293 e. The average molecular weight is 531 g/mol. The SMILES string of the molecule is C=C(CC)OOC1OC(CCCCOC=O)C(CCCOC=O)C(OOC(=C)CC)C1OOC(=C)CC. The minimum atomic E-state index is -1.07.